The van der Waals surface area contributed by atoms with Crippen LogP contribution in [0.2, 0.25) is 0 Å². The summed E-state index contributed by atoms with van der Waals surface area (Å²) in [6.07, 6.45) is 1.66. The maximum atomic E-state index is 12.4. The molecule has 2 aromatic carbocycles. The van der Waals surface area contributed by atoms with E-state index in [1.54, 1.807) is 13.3 Å². The molecule has 144 valence electrons. The number of nitrogens with one attached hydrogen (secondary N) is 1. The minimum absolute atomic E-state index is 0.103. The second-order valence-electron chi connectivity index (χ2n) is 6.67. The van der Waals surface area contributed by atoms with E-state index >= 15 is 0 Å². The van der Waals surface area contributed by atoms with Gasteiger partial charge >= 0.3 is 0 Å². The molecule has 6 heteroatoms. The number of piperazine rings is 1. The average molecular weight is 376 g/mol. The van der Waals surface area contributed by atoms with Crippen LogP contribution in [0.25, 0.3) is 0 Å². The molecule has 6 nitrogen and oxygen atoms in total. The maximum Gasteiger partial charge on any atom is 0.267 e. The number of carbonyl (C=O) groups excluding carboxylic acids is 1. The number of para-hydroxylation sites is 2. The summed E-state index contributed by atoms with van der Waals surface area (Å²) in [5.74, 6) is 0.459. The standard InChI is InChI=1S/C22H24N4O2/c1-17-7-9-19(10-8-17)24-22(27)18(15-23)16-25-11-13-26(14-12-25)20-5-3-4-6-21(20)28-2/h3-10,16H,11-14H2,1-2H3,(H,24,27)/b18-16-. The third kappa shape index (κ3) is 4.63. The minimum Gasteiger partial charge on any atom is -0.495 e. The molecule has 0 spiro atoms. The van der Waals surface area contributed by atoms with Gasteiger partial charge in [0.15, 0.2) is 0 Å². The number of nitriles is 1. The molecule has 0 aliphatic carbocycles. The predicted molar refractivity (Wildman–Crippen MR) is 110 cm³/mol. The lowest BCUT2D eigenvalue weighted by molar-refractivity contribution is -0.112. The van der Waals surface area contributed by atoms with Crippen LogP contribution in [0, 0.1) is 18.3 Å². The summed E-state index contributed by atoms with van der Waals surface area (Å²) in [7, 11) is 1.67. The van der Waals surface area contributed by atoms with E-state index in [4.69, 9.17) is 4.74 Å². The molecule has 2 aromatic rings. The first-order chi connectivity index (χ1) is 13.6. The Morgan fingerprint density at radius 2 is 1.79 bits per heavy atom. The first-order valence-corrected chi connectivity index (χ1v) is 9.22. The van der Waals surface area contributed by atoms with Crippen molar-refractivity contribution in [1.29, 1.82) is 5.26 Å². The van der Waals surface area contributed by atoms with E-state index in [0.29, 0.717) is 5.69 Å². The van der Waals surface area contributed by atoms with Gasteiger partial charge in [0.05, 0.1) is 12.8 Å². The third-order valence-corrected chi connectivity index (χ3v) is 4.73. The number of carbonyl (C=O) groups is 1. The number of hydrogen-bond acceptors (Lipinski definition) is 5. The summed E-state index contributed by atoms with van der Waals surface area (Å²) < 4.78 is 5.44. The molecule has 0 saturated carbocycles. The van der Waals surface area contributed by atoms with Crippen molar-refractivity contribution in [2.45, 2.75) is 6.92 Å². The van der Waals surface area contributed by atoms with Crippen molar-refractivity contribution < 1.29 is 9.53 Å². The monoisotopic (exact) mass is 376 g/mol. The highest BCUT2D eigenvalue weighted by Crippen LogP contribution is 2.28. The summed E-state index contributed by atoms with van der Waals surface area (Å²) in [6.45, 7) is 5.00. The lowest BCUT2D eigenvalue weighted by Gasteiger charge is -2.36. The molecule has 0 aromatic heterocycles. The summed E-state index contributed by atoms with van der Waals surface area (Å²) in [5, 5.41) is 12.2. The van der Waals surface area contributed by atoms with Gasteiger partial charge in [-0.1, -0.05) is 29.8 Å². The quantitative estimate of drug-likeness (QED) is 0.641. The molecule has 0 bridgehead atoms. The summed E-state index contributed by atoms with van der Waals surface area (Å²) >= 11 is 0. The van der Waals surface area contributed by atoms with Crippen LogP contribution in [-0.2, 0) is 4.79 Å². The Bertz CT molecular complexity index is 891. The first kappa shape index (κ1) is 19.3. The number of ether oxygens (including phenoxy) is 1. The van der Waals surface area contributed by atoms with Crippen LogP contribution >= 0.6 is 0 Å². The lowest BCUT2D eigenvalue weighted by atomic mass is 10.2. The molecule has 3 rings (SSSR count). The predicted octanol–water partition coefficient (Wildman–Crippen LogP) is 3.17. The zero-order valence-electron chi connectivity index (χ0n) is 16.2. The molecule has 1 heterocycles. The maximum absolute atomic E-state index is 12.4. The van der Waals surface area contributed by atoms with Crippen LogP contribution in [0.15, 0.2) is 60.3 Å². The highest BCUT2D eigenvalue weighted by molar-refractivity contribution is 6.06. The number of methoxy groups -OCH3 is 1. The summed E-state index contributed by atoms with van der Waals surface area (Å²) in [6, 6.07) is 17.4. The second kappa shape index (κ2) is 8.96. The second-order valence-corrected chi connectivity index (χ2v) is 6.67. The number of rotatable bonds is 5. The van der Waals surface area contributed by atoms with Crippen LogP contribution in [0.4, 0.5) is 11.4 Å². The van der Waals surface area contributed by atoms with E-state index in [9.17, 15) is 10.1 Å². The van der Waals surface area contributed by atoms with Crippen molar-refractivity contribution in [3.8, 4) is 11.8 Å². The van der Waals surface area contributed by atoms with Gasteiger partial charge in [-0.25, -0.2) is 0 Å². The number of amides is 1. The molecule has 1 saturated heterocycles. The molecule has 1 aliphatic rings. The zero-order chi connectivity index (χ0) is 19.9. The van der Waals surface area contributed by atoms with E-state index in [-0.39, 0.29) is 5.57 Å². The largest absolute Gasteiger partial charge is 0.495 e. The normalized spacial score (nSPS) is 14.4. The van der Waals surface area contributed by atoms with Gasteiger partial charge in [-0.15, -0.1) is 0 Å². The average Bonchev–Trinajstić information content (AvgIpc) is 2.74. The van der Waals surface area contributed by atoms with Crippen molar-refractivity contribution in [1.82, 2.24) is 4.90 Å². The highest BCUT2D eigenvalue weighted by Gasteiger charge is 2.19. The van der Waals surface area contributed by atoms with Gasteiger partial charge in [0.1, 0.15) is 17.4 Å². The third-order valence-electron chi connectivity index (χ3n) is 4.73. The fourth-order valence-electron chi connectivity index (χ4n) is 3.14. The van der Waals surface area contributed by atoms with Crippen LogP contribution in [0.3, 0.4) is 0 Å². The molecule has 1 aliphatic heterocycles. The fourth-order valence-corrected chi connectivity index (χ4v) is 3.14. The number of benzene rings is 2. The SMILES string of the molecule is COc1ccccc1N1CCN(/C=C(/C#N)C(=O)Nc2ccc(C)cc2)CC1. The van der Waals surface area contributed by atoms with E-state index in [0.717, 1.165) is 43.2 Å². The Morgan fingerprint density at radius 1 is 1.11 bits per heavy atom. The van der Waals surface area contributed by atoms with E-state index in [1.165, 1.54) is 0 Å². The molecular weight excluding hydrogens is 352 g/mol. The van der Waals surface area contributed by atoms with Crippen molar-refractivity contribution in [2.24, 2.45) is 0 Å². The zero-order valence-corrected chi connectivity index (χ0v) is 16.2. The number of hydrogen-bond donors (Lipinski definition) is 1. The molecule has 28 heavy (non-hydrogen) atoms. The van der Waals surface area contributed by atoms with E-state index in [1.807, 2.05) is 66.4 Å². The lowest BCUT2D eigenvalue weighted by Crippen LogP contribution is -2.44. The highest BCUT2D eigenvalue weighted by atomic mass is 16.5. The molecular formula is C22H24N4O2. The van der Waals surface area contributed by atoms with Crippen molar-refractivity contribution in [3.05, 3.63) is 65.9 Å². The van der Waals surface area contributed by atoms with Crippen molar-refractivity contribution in [2.75, 3.05) is 43.5 Å². The van der Waals surface area contributed by atoms with Gasteiger partial charge in [-0.2, -0.15) is 5.26 Å². The Labute approximate surface area is 165 Å². The number of anilines is 2. The van der Waals surface area contributed by atoms with Crippen LogP contribution in [-0.4, -0.2) is 44.1 Å². The smallest absolute Gasteiger partial charge is 0.267 e. The van der Waals surface area contributed by atoms with Gasteiger partial charge in [0, 0.05) is 38.1 Å². The molecule has 1 amide bonds. The van der Waals surface area contributed by atoms with Crippen LogP contribution in [0.5, 0.6) is 5.75 Å². The first-order valence-electron chi connectivity index (χ1n) is 9.22. The van der Waals surface area contributed by atoms with E-state index < -0.39 is 5.91 Å². The van der Waals surface area contributed by atoms with Gasteiger partial charge in [-0.3, -0.25) is 4.79 Å². The van der Waals surface area contributed by atoms with E-state index in [2.05, 4.69) is 10.2 Å². The number of nitrogens with zero attached hydrogens (tertiary/aromatic N) is 3. The minimum atomic E-state index is -0.390. The molecule has 0 radical (unpaired) electrons. The summed E-state index contributed by atoms with van der Waals surface area (Å²) in [4.78, 5) is 16.7. The van der Waals surface area contributed by atoms with Gasteiger partial charge < -0.3 is 19.9 Å². The molecule has 1 N–H and O–H groups in total. The van der Waals surface area contributed by atoms with Crippen molar-refractivity contribution >= 4 is 17.3 Å². The van der Waals surface area contributed by atoms with Crippen molar-refractivity contribution in [3.63, 3.8) is 0 Å². The Morgan fingerprint density at radius 3 is 2.43 bits per heavy atom. The topological polar surface area (TPSA) is 68.6 Å². The van der Waals surface area contributed by atoms with Gasteiger partial charge in [0.25, 0.3) is 5.91 Å². The molecule has 1 fully saturated rings. The fraction of sp³-hybridized carbons (Fsp3) is 0.273. The molecule has 0 atom stereocenters. The van der Waals surface area contributed by atoms with Crippen LogP contribution < -0.4 is 15.0 Å². The van der Waals surface area contributed by atoms with Gasteiger partial charge in [0.2, 0.25) is 0 Å². The van der Waals surface area contributed by atoms with Gasteiger partial charge in [-0.05, 0) is 31.2 Å². The molecule has 0 unspecified atom stereocenters. The summed E-state index contributed by atoms with van der Waals surface area (Å²) in [5.41, 5.74) is 2.96. The Kier molecular flexibility index (Phi) is 6.18. The number of aryl methyl sites for hydroxylation is 1. The Hall–Kier alpha value is -3.46. The van der Waals surface area contributed by atoms with Crippen LogP contribution in [0.1, 0.15) is 5.56 Å². The Balaban J connectivity index is 1.62.